The van der Waals surface area contributed by atoms with Gasteiger partial charge in [-0.2, -0.15) is 5.10 Å². The van der Waals surface area contributed by atoms with E-state index < -0.39 is 0 Å². The number of benzene rings is 1. The summed E-state index contributed by atoms with van der Waals surface area (Å²) in [5.41, 5.74) is 2.22. The van der Waals surface area contributed by atoms with E-state index in [2.05, 4.69) is 49.1 Å². The van der Waals surface area contributed by atoms with E-state index in [-0.39, 0.29) is 0 Å². The predicted octanol–water partition coefficient (Wildman–Crippen LogP) is 4.55. The summed E-state index contributed by atoms with van der Waals surface area (Å²) in [4.78, 5) is 4.24. The first-order valence-corrected chi connectivity index (χ1v) is 10.9. The van der Waals surface area contributed by atoms with Gasteiger partial charge in [0.25, 0.3) is 0 Å². The summed E-state index contributed by atoms with van der Waals surface area (Å²) in [6.45, 7) is 1.73. The smallest absolute Gasteiger partial charge is 0.191 e. The predicted molar refractivity (Wildman–Crippen MR) is 116 cm³/mol. The molecule has 0 saturated carbocycles. The van der Waals surface area contributed by atoms with Crippen LogP contribution in [0, 0.1) is 0 Å². The summed E-state index contributed by atoms with van der Waals surface area (Å²) in [5.74, 6) is 1.89. The maximum absolute atomic E-state index is 4.48. The van der Waals surface area contributed by atoms with E-state index in [1.54, 1.807) is 18.0 Å². The molecule has 0 aliphatic rings. The first-order valence-electron chi connectivity index (χ1n) is 9.88. The Kier molecular flexibility index (Phi) is 6.70. The molecule has 1 aromatic carbocycles. The quantitative estimate of drug-likeness (QED) is 0.287. The van der Waals surface area contributed by atoms with E-state index in [9.17, 15) is 0 Å². The molecule has 3 aromatic heterocycles. The number of hydrogen-bond donors (Lipinski definition) is 0. The zero-order valence-electron chi connectivity index (χ0n) is 16.3. The van der Waals surface area contributed by atoms with Crippen LogP contribution in [0.25, 0.3) is 11.4 Å². The highest BCUT2D eigenvalue weighted by molar-refractivity contribution is 7.99. The molecule has 4 rings (SSSR count). The molecular weight excluding hydrogens is 380 g/mol. The van der Waals surface area contributed by atoms with Gasteiger partial charge in [0.1, 0.15) is 0 Å². The molecule has 0 fully saturated rings. The van der Waals surface area contributed by atoms with Crippen LogP contribution in [0.15, 0.2) is 78.5 Å². The molecule has 0 amide bonds. The minimum atomic E-state index is 0.750. The zero-order chi connectivity index (χ0) is 19.7. The van der Waals surface area contributed by atoms with Crippen molar-refractivity contribution in [2.75, 3.05) is 5.75 Å². The van der Waals surface area contributed by atoms with E-state index in [0.717, 1.165) is 48.2 Å². The Morgan fingerprint density at radius 3 is 2.59 bits per heavy atom. The first kappa shape index (κ1) is 19.4. The molecule has 29 heavy (non-hydrogen) atoms. The average molecular weight is 405 g/mol. The van der Waals surface area contributed by atoms with Gasteiger partial charge in [0.15, 0.2) is 11.0 Å². The number of pyridine rings is 1. The summed E-state index contributed by atoms with van der Waals surface area (Å²) in [7, 11) is 0. The highest BCUT2D eigenvalue weighted by atomic mass is 32.2. The van der Waals surface area contributed by atoms with Crippen LogP contribution in [0.3, 0.4) is 0 Å². The number of hydrogen-bond acceptors (Lipinski definition) is 5. The number of nitrogens with zero attached hydrogens (tertiary/aromatic N) is 6. The van der Waals surface area contributed by atoms with Crippen LogP contribution >= 0.6 is 11.8 Å². The summed E-state index contributed by atoms with van der Waals surface area (Å²) in [6, 6.07) is 16.4. The summed E-state index contributed by atoms with van der Waals surface area (Å²) < 4.78 is 4.19. The van der Waals surface area contributed by atoms with Crippen LogP contribution in [0.5, 0.6) is 0 Å². The Balaban J connectivity index is 1.40. The third-order valence-electron chi connectivity index (χ3n) is 4.64. The fourth-order valence-electron chi connectivity index (χ4n) is 3.16. The topological polar surface area (TPSA) is 61.4 Å². The van der Waals surface area contributed by atoms with E-state index in [4.69, 9.17) is 0 Å². The lowest BCUT2D eigenvalue weighted by molar-refractivity contribution is 0.554. The maximum atomic E-state index is 4.48. The molecule has 3 heterocycles. The van der Waals surface area contributed by atoms with Crippen LogP contribution < -0.4 is 0 Å². The molecule has 0 spiro atoms. The second-order valence-corrected chi connectivity index (χ2v) is 7.86. The molecule has 0 atom stereocenters. The van der Waals surface area contributed by atoms with Crippen LogP contribution in [0.2, 0.25) is 0 Å². The highest BCUT2D eigenvalue weighted by Gasteiger charge is 2.14. The number of aromatic nitrogens is 6. The van der Waals surface area contributed by atoms with Gasteiger partial charge in [-0.25, -0.2) is 0 Å². The van der Waals surface area contributed by atoms with Crippen molar-refractivity contribution < 1.29 is 0 Å². The van der Waals surface area contributed by atoms with Gasteiger partial charge in [0.05, 0.1) is 6.54 Å². The van der Waals surface area contributed by atoms with Crippen LogP contribution in [-0.2, 0) is 13.1 Å². The van der Waals surface area contributed by atoms with Crippen molar-refractivity contribution in [2.24, 2.45) is 0 Å². The number of aryl methyl sites for hydroxylation is 1. The van der Waals surface area contributed by atoms with Gasteiger partial charge >= 0.3 is 0 Å². The summed E-state index contributed by atoms with van der Waals surface area (Å²) >= 11 is 1.78. The van der Waals surface area contributed by atoms with Crippen molar-refractivity contribution in [3.63, 3.8) is 0 Å². The van der Waals surface area contributed by atoms with Gasteiger partial charge in [-0.3, -0.25) is 14.2 Å². The third-order valence-corrected chi connectivity index (χ3v) is 5.70. The molecule has 0 aliphatic heterocycles. The monoisotopic (exact) mass is 404 g/mol. The molecule has 7 heteroatoms. The average Bonchev–Trinajstić information content (AvgIpc) is 3.42. The van der Waals surface area contributed by atoms with E-state index in [1.807, 2.05) is 47.5 Å². The minimum absolute atomic E-state index is 0.750. The van der Waals surface area contributed by atoms with Gasteiger partial charge in [0.2, 0.25) is 0 Å². The van der Waals surface area contributed by atoms with Crippen molar-refractivity contribution in [1.29, 1.82) is 0 Å². The van der Waals surface area contributed by atoms with Crippen molar-refractivity contribution in [1.82, 2.24) is 29.5 Å². The summed E-state index contributed by atoms with van der Waals surface area (Å²) in [6.07, 6.45) is 10.9. The Hall–Kier alpha value is -2.93. The second kappa shape index (κ2) is 10.0. The number of thioether (sulfide) groups is 1. The molecule has 148 valence electrons. The van der Waals surface area contributed by atoms with Crippen LogP contribution in [0.1, 0.15) is 24.8 Å². The lowest BCUT2D eigenvalue weighted by atomic mass is 10.2. The van der Waals surface area contributed by atoms with Crippen LogP contribution in [0.4, 0.5) is 0 Å². The molecule has 0 radical (unpaired) electrons. The molecule has 0 saturated heterocycles. The van der Waals surface area contributed by atoms with Crippen molar-refractivity contribution in [2.45, 2.75) is 37.5 Å². The van der Waals surface area contributed by atoms with Gasteiger partial charge in [-0.15, -0.1) is 10.2 Å². The van der Waals surface area contributed by atoms with Crippen LogP contribution in [-0.4, -0.2) is 35.3 Å². The number of unbranched alkanes of at least 4 members (excludes halogenated alkanes) is 2. The minimum Gasteiger partial charge on any atom is -0.298 e. The second-order valence-electron chi connectivity index (χ2n) is 6.80. The van der Waals surface area contributed by atoms with Crippen molar-refractivity contribution in [3.8, 4) is 11.4 Å². The van der Waals surface area contributed by atoms with Gasteiger partial charge in [-0.1, -0.05) is 48.5 Å². The Morgan fingerprint density at radius 1 is 0.862 bits per heavy atom. The largest absolute Gasteiger partial charge is 0.298 e. The lowest BCUT2D eigenvalue weighted by Crippen LogP contribution is -2.04. The van der Waals surface area contributed by atoms with E-state index in [1.165, 1.54) is 12.0 Å². The molecule has 0 bridgehead atoms. The fraction of sp³-hybridized carbons (Fsp3) is 0.273. The van der Waals surface area contributed by atoms with Crippen molar-refractivity contribution >= 4 is 11.8 Å². The van der Waals surface area contributed by atoms with Crippen molar-refractivity contribution in [3.05, 3.63) is 78.9 Å². The SMILES string of the molecule is c1ccc(Cn2c(SCCCCCn3cccn3)nnc2-c2cccnc2)cc1. The maximum Gasteiger partial charge on any atom is 0.191 e. The normalized spacial score (nSPS) is 11.0. The van der Waals surface area contributed by atoms with E-state index in [0.29, 0.717) is 0 Å². The lowest BCUT2D eigenvalue weighted by Gasteiger charge is -2.10. The Labute approximate surface area is 175 Å². The highest BCUT2D eigenvalue weighted by Crippen LogP contribution is 2.25. The van der Waals surface area contributed by atoms with Gasteiger partial charge < -0.3 is 0 Å². The molecule has 0 N–H and O–H groups in total. The Bertz CT molecular complexity index is 983. The molecule has 6 nitrogen and oxygen atoms in total. The molecule has 4 aromatic rings. The first-order chi connectivity index (χ1) is 14.4. The van der Waals surface area contributed by atoms with Gasteiger partial charge in [0, 0.05) is 42.6 Å². The molecule has 0 unspecified atom stereocenters. The van der Waals surface area contributed by atoms with Gasteiger partial charge in [-0.05, 0) is 36.6 Å². The molecular formula is C22H24N6S. The van der Waals surface area contributed by atoms with E-state index >= 15 is 0 Å². The number of rotatable bonds is 10. The standard InChI is InChI=1S/C22H24N6S/c1-3-9-19(10-4-1)18-28-21(20-11-7-12-23-17-20)25-26-22(28)29-16-6-2-5-14-27-15-8-13-24-27/h1,3-4,7-13,15,17H,2,5-6,14,16,18H2. The zero-order valence-corrected chi connectivity index (χ0v) is 17.1. The molecule has 0 aliphatic carbocycles. The third kappa shape index (κ3) is 5.32. The Morgan fingerprint density at radius 2 is 1.79 bits per heavy atom. The summed E-state index contributed by atoms with van der Waals surface area (Å²) in [5, 5.41) is 14.2. The fourth-order valence-corrected chi connectivity index (χ4v) is 4.10.